The molecule has 3 heteroatoms. The minimum absolute atomic E-state index is 0.269. The van der Waals surface area contributed by atoms with E-state index in [4.69, 9.17) is 0 Å². The molecule has 0 radical (unpaired) electrons. The first-order valence-electron chi connectivity index (χ1n) is 4.69. The SMILES string of the molecule is Cc1csc(CC2CCCC2=O)n1. The average Bonchev–Trinajstić information content (AvgIpc) is 2.64. The van der Waals surface area contributed by atoms with Crippen LogP contribution in [-0.2, 0) is 11.2 Å². The molecule has 1 aromatic heterocycles. The maximum Gasteiger partial charge on any atom is 0.136 e. The molecule has 1 aromatic rings. The molecule has 0 spiro atoms. The van der Waals surface area contributed by atoms with Gasteiger partial charge < -0.3 is 0 Å². The van der Waals surface area contributed by atoms with Crippen LogP contribution in [0.3, 0.4) is 0 Å². The van der Waals surface area contributed by atoms with Gasteiger partial charge in [0.05, 0.1) is 5.01 Å². The van der Waals surface area contributed by atoms with Crippen LogP contribution in [0.5, 0.6) is 0 Å². The van der Waals surface area contributed by atoms with E-state index in [0.717, 1.165) is 36.4 Å². The van der Waals surface area contributed by atoms with E-state index in [1.807, 2.05) is 6.92 Å². The van der Waals surface area contributed by atoms with E-state index in [2.05, 4.69) is 10.4 Å². The molecule has 0 saturated heterocycles. The summed E-state index contributed by atoms with van der Waals surface area (Å²) >= 11 is 1.68. The van der Waals surface area contributed by atoms with Crippen LogP contribution >= 0.6 is 11.3 Å². The van der Waals surface area contributed by atoms with Crippen molar-refractivity contribution < 1.29 is 4.79 Å². The molecule has 1 unspecified atom stereocenters. The highest BCUT2D eigenvalue weighted by Crippen LogP contribution is 2.25. The third-order valence-electron chi connectivity index (χ3n) is 2.52. The van der Waals surface area contributed by atoms with E-state index >= 15 is 0 Å². The van der Waals surface area contributed by atoms with Gasteiger partial charge in [0.25, 0.3) is 0 Å². The summed E-state index contributed by atoms with van der Waals surface area (Å²) in [7, 11) is 0. The summed E-state index contributed by atoms with van der Waals surface area (Å²) in [6.07, 6.45) is 3.80. The van der Waals surface area contributed by atoms with Gasteiger partial charge in [-0.15, -0.1) is 11.3 Å². The summed E-state index contributed by atoms with van der Waals surface area (Å²) in [4.78, 5) is 15.7. The summed E-state index contributed by atoms with van der Waals surface area (Å²) in [5.74, 6) is 0.707. The van der Waals surface area contributed by atoms with E-state index < -0.39 is 0 Å². The number of carbonyl (C=O) groups is 1. The smallest absolute Gasteiger partial charge is 0.136 e. The minimum atomic E-state index is 0.269. The predicted molar refractivity (Wildman–Crippen MR) is 52.9 cm³/mol. The molecular formula is C10H13NOS. The third kappa shape index (κ3) is 1.97. The summed E-state index contributed by atoms with van der Waals surface area (Å²) in [5.41, 5.74) is 1.07. The first-order chi connectivity index (χ1) is 6.25. The predicted octanol–water partition coefficient (Wildman–Crippen LogP) is 2.36. The molecule has 70 valence electrons. The van der Waals surface area contributed by atoms with E-state index in [1.165, 1.54) is 0 Å². The van der Waals surface area contributed by atoms with Crippen molar-refractivity contribution in [2.45, 2.75) is 32.6 Å². The summed E-state index contributed by atoms with van der Waals surface area (Å²) in [5, 5.41) is 3.17. The number of hydrogen-bond acceptors (Lipinski definition) is 3. The number of carbonyl (C=O) groups excluding carboxylic acids is 1. The number of thiazole rings is 1. The van der Waals surface area contributed by atoms with E-state index in [-0.39, 0.29) is 5.92 Å². The van der Waals surface area contributed by atoms with Gasteiger partial charge in [-0.1, -0.05) is 0 Å². The Morgan fingerprint density at radius 2 is 2.54 bits per heavy atom. The Labute approximate surface area is 82.0 Å². The van der Waals surface area contributed by atoms with Gasteiger partial charge in [-0.25, -0.2) is 4.98 Å². The first kappa shape index (κ1) is 8.88. The quantitative estimate of drug-likeness (QED) is 0.725. The van der Waals surface area contributed by atoms with Crippen molar-refractivity contribution >= 4 is 17.1 Å². The molecule has 13 heavy (non-hydrogen) atoms. The number of rotatable bonds is 2. The number of aromatic nitrogens is 1. The Balaban J connectivity index is 2.01. The van der Waals surface area contributed by atoms with Gasteiger partial charge >= 0.3 is 0 Å². The lowest BCUT2D eigenvalue weighted by Gasteiger charge is -2.03. The minimum Gasteiger partial charge on any atom is -0.299 e. The topological polar surface area (TPSA) is 30.0 Å². The maximum absolute atomic E-state index is 11.4. The lowest BCUT2D eigenvalue weighted by molar-refractivity contribution is -0.120. The van der Waals surface area contributed by atoms with Gasteiger partial charge in [-0.3, -0.25) is 4.79 Å². The molecule has 2 nitrogen and oxygen atoms in total. The molecule has 0 amide bonds. The molecule has 1 aliphatic carbocycles. The highest BCUT2D eigenvalue weighted by Gasteiger charge is 2.25. The molecule has 1 heterocycles. The lowest BCUT2D eigenvalue weighted by atomic mass is 10.0. The van der Waals surface area contributed by atoms with Crippen LogP contribution in [0, 0.1) is 12.8 Å². The van der Waals surface area contributed by atoms with Crippen LogP contribution in [0.4, 0.5) is 0 Å². The number of nitrogens with zero attached hydrogens (tertiary/aromatic N) is 1. The lowest BCUT2D eigenvalue weighted by Crippen LogP contribution is -2.09. The largest absolute Gasteiger partial charge is 0.299 e. The fourth-order valence-electron chi connectivity index (χ4n) is 1.81. The fraction of sp³-hybridized carbons (Fsp3) is 0.600. The van der Waals surface area contributed by atoms with E-state index in [0.29, 0.717) is 5.78 Å². The van der Waals surface area contributed by atoms with Gasteiger partial charge in [0.2, 0.25) is 0 Å². The second-order valence-electron chi connectivity index (χ2n) is 3.64. The summed E-state index contributed by atoms with van der Waals surface area (Å²) in [6.45, 7) is 2.00. The number of Topliss-reactive ketones (excluding diaryl/α,β-unsaturated/α-hetero) is 1. The molecular weight excluding hydrogens is 182 g/mol. The fourth-order valence-corrected chi connectivity index (χ4v) is 2.66. The second-order valence-corrected chi connectivity index (χ2v) is 4.58. The van der Waals surface area contributed by atoms with Crippen LogP contribution in [0.1, 0.15) is 30.0 Å². The van der Waals surface area contributed by atoms with Crippen LogP contribution in [-0.4, -0.2) is 10.8 Å². The van der Waals surface area contributed by atoms with Crippen molar-refractivity contribution in [1.82, 2.24) is 4.98 Å². The van der Waals surface area contributed by atoms with Gasteiger partial charge in [-0.2, -0.15) is 0 Å². The van der Waals surface area contributed by atoms with Crippen LogP contribution in [0.25, 0.3) is 0 Å². The van der Waals surface area contributed by atoms with Gasteiger partial charge in [0.15, 0.2) is 0 Å². The average molecular weight is 195 g/mol. The molecule has 1 atom stereocenters. The summed E-state index contributed by atoms with van der Waals surface area (Å²) in [6, 6.07) is 0. The molecule has 1 saturated carbocycles. The molecule has 1 fully saturated rings. The van der Waals surface area contributed by atoms with Crippen molar-refractivity contribution in [3.05, 3.63) is 16.1 Å². The number of ketones is 1. The van der Waals surface area contributed by atoms with Crippen molar-refractivity contribution in [3.63, 3.8) is 0 Å². The van der Waals surface area contributed by atoms with Gasteiger partial charge in [0.1, 0.15) is 5.78 Å². The Kier molecular flexibility index (Phi) is 2.44. The Hall–Kier alpha value is -0.700. The van der Waals surface area contributed by atoms with Crippen molar-refractivity contribution in [1.29, 1.82) is 0 Å². The van der Waals surface area contributed by atoms with Crippen LogP contribution in [0.2, 0.25) is 0 Å². The van der Waals surface area contributed by atoms with Crippen molar-refractivity contribution in [2.24, 2.45) is 5.92 Å². The zero-order valence-electron chi connectivity index (χ0n) is 7.75. The van der Waals surface area contributed by atoms with Gasteiger partial charge in [-0.05, 0) is 19.8 Å². The second kappa shape index (κ2) is 3.58. The first-order valence-corrected chi connectivity index (χ1v) is 5.57. The normalized spacial score (nSPS) is 22.5. The molecule has 1 aliphatic rings. The molecule has 0 aliphatic heterocycles. The number of hydrogen-bond donors (Lipinski definition) is 0. The maximum atomic E-state index is 11.4. The number of aryl methyl sites for hydroxylation is 1. The zero-order valence-corrected chi connectivity index (χ0v) is 8.56. The van der Waals surface area contributed by atoms with Crippen molar-refractivity contribution in [2.75, 3.05) is 0 Å². The Morgan fingerprint density at radius 1 is 1.69 bits per heavy atom. The highest BCUT2D eigenvalue weighted by molar-refractivity contribution is 7.09. The standard InChI is InChI=1S/C10H13NOS/c1-7-6-13-10(11-7)5-8-3-2-4-9(8)12/h6,8H,2-5H2,1H3. The summed E-state index contributed by atoms with van der Waals surface area (Å²) < 4.78 is 0. The third-order valence-corrected chi connectivity index (χ3v) is 3.51. The Bertz CT molecular complexity index is 318. The van der Waals surface area contributed by atoms with Crippen LogP contribution < -0.4 is 0 Å². The molecule has 0 aromatic carbocycles. The van der Waals surface area contributed by atoms with Gasteiger partial charge in [0, 0.05) is 29.8 Å². The van der Waals surface area contributed by atoms with E-state index in [1.54, 1.807) is 11.3 Å². The zero-order chi connectivity index (χ0) is 9.26. The van der Waals surface area contributed by atoms with Crippen molar-refractivity contribution in [3.8, 4) is 0 Å². The van der Waals surface area contributed by atoms with E-state index in [9.17, 15) is 4.79 Å². The molecule has 0 N–H and O–H groups in total. The Morgan fingerprint density at radius 3 is 3.08 bits per heavy atom. The molecule has 2 rings (SSSR count). The van der Waals surface area contributed by atoms with Crippen LogP contribution in [0.15, 0.2) is 5.38 Å². The highest BCUT2D eigenvalue weighted by atomic mass is 32.1. The monoisotopic (exact) mass is 195 g/mol. The molecule has 0 bridgehead atoms.